The van der Waals surface area contributed by atoms with Crippen molar-refractivity contribution in [1.29, 1.82) is 0 Å². The van der Waals surface area contributed by atoms with Crippen molar-refractivity contribution in [2.75, 3.05) is 5.73 Å². The Morgan fingerprint density at radius 2 is 1.42 bits per heavy atom. The normalized spacial score (nSPS) is 10.6. The second-order valence-corrected chi connectivity index (χ2v) is 2.12. The Labute approximate surface area is 84.5 Å². The molecule has 0 saturated carbocycles. The summed E-state index contributed by atoms with van der Waals surface area (Å²) in [5, 5.41) is 0. The van der Waals surface area contributed by atoms with E-state index in [0.717, 1.165) is 12.1 Å². The maximum absolute atomic E-state index is 11.9. The molecule has 5 heteroatoms. The standard InChI is InChI=1S/C7H6F3N.Te/c8-7(9,10)5-1-3-6(11)4-2-5;/h1-4H,11H2;. The topological polar surface area (TPSA) is 26.0 Å². The van der Waals surface area contributed by atoms with Gasteiger partial charge in [0.1, 0.15) is 0 Å². The average Bonchev–Trinajstić information content (AvgIpc) is 1.86. The molecule has 0 aliphatic rings. The third-order valence-corrected chi connectivity index (χ3v) is 1.24. The van der Waals surface area contributed by atoms with Crippen molar-refractivity contribution in [3.8, 4) is 0 Å². The summed E-state index contributed by atoms with van der Waals surface area (Å²) in [4.78, 5) is 0. The van der Waals surface area contributed by atoms with Crippen molar-refractivity contribution in [2.24, 2.45) is 0 Å². The van der Waals surface area contributed by atoms with Crippen LogP contribution in [-0.4, -0.2) is 23.7 Å². The molecule has 1 aromatic rings. The molecular formula is C7H6F3NTe. The minimum atomic E-state index is -4.27. The van der Waals surface area contributed by atoms with Gasteiger partial charge in [0.2, 0.25) is 0 Å². The van der Waals surface area contributed by atoms with Gasteiger partial charge in [0.25, 0.3) is 0 Å². The van der Waals surface area contributed by atoms with E-state index < -0.39 is 11.7 Å². The molecule has 0 amide bonds. The van der Waals surface area contributed by atoms with Crippen molar-refractivity contribution in [2.45, 2.75) is 6.18 Å². The quantitative estimate of drug-likeness (QED) is 0.573. The van der Waals surface area contributed by atoms with Crippen molar-refractivity contribution in [1.82, 2.24) is 0 Å². The molecule has 0 unspecified atom stereocenters. The largest absolute Gasteiger partial charge is 0.416 e. The van der Waals surface area contributed by atoms with E-state index in [0.29, 0.717) is 5.69 Å². The maximum Gasteiger partial charge on any atom is 0.416 e. The minimum Gasteiger partial charge on any atom is -0.399 e. The molecule has 66 valence electrons. The summed E-state index contributed by atoms with van der Waals surface area (Å²) in [6.07, 6.45) is -4.27. The number of hydrogen-bond donors (Lipinski definition) is 1. The van der Waals surface area contributed by atoms with Crippen LogP contribution in [0.4, 0.5) is 18.9 Å². The van der Waals surface area contributed by atoms with Crippen LogP contribution in [-0.2, 0) is 6.18 Å². The number of benzene rings is 1. The summed E-state index contributed by atoms with van der Waals surface area (Å²) < 4.78 is 35.6. The summed E-state index contributed by atoms with van der Waals surface area (Å²) in [7, 11) is 0. The monoisotopic (exact) mass is 291 g/mol. The van der Waals surface area contributed by atoms with Crippen molar-refractivity contribution < 1.29 is 13.2 Å². The van der Waals surface area contributed by atoms with E-state index in [9.17, 15) is 13.2 Å². The smallest absolute Gasteiger partial charge is 0.399 e. The van der Waals surface area contributed by atoms with Gasteiger partial charge in [0.05, 0.1) is 5.56 Å². The maximum atomic E-state index is 11.9. The van der Waals surface area contributed by atoms with E-state index >= 15 is 0 Å². The first-order valence-electron chi connectivity index (χ1n) is 2.93. The first-order valence-corrected chi connectivity index (χ1v) is 2.93. The van der Waals surface area contributed by atoms with Crippen LogP contribution in [0.2, 0.25) is 0 Å². The minimum absolute atomic E-state index is 0. The Hall–Kier alpha value is -0.400. The number of nitrogens with two attached hydrogens (primary N) is 1. The van der Waals surface area contributed by atoms with E-state index in [1.165, 1.54) is 12.1 Å². The van der Waals surface area contributed by atoms with Crippen LogP contribution in [0.3, 0.4) is 0 Å². The number of anilines is 1. The number of nitrogen functional groups attached to an aromatic ring is 1. The van der Waals surface area contributed by atoms with E-state index in [-0.39, 0.29) is 23.7 Å². The zero-order chi connectivity index (χ0) is 8.48. The van der Waals surface area contributed by atoms with Gasteiger partial charge in [-0.15, -0.1) is 0 Å². The van der Waals surface area contributed by atoms with Gasteiger partial charge in [-0.1, -0.05) is 0 Å². The van der Waals surface area contributed by atoms with Crippen LogP contribution < -0.4 is 5.73 Å². The average molecular weight is 289 g/mol. The predicted octanol–water partition coefficient (Wildman–Crippen LogP) is 1.91. The fourth-order valence-electron chi connectivity index (χ4n) is 0.672. The molecule has 0 heterocycles. The SMILES string of the molecule is Nc1ccc(C(F)(F)F)cc1.[Te]. The second-order valence-electron chi connectivity index (χ2n) is 2.12. The van der Waals surface area contributed by atoms with Crippen molar-refractivity contribution in [3.63, 3.8) is 0 Å². The molecule has 1 aromatic carbocycles. The van der Waals surface area contributed by atoms with E-state index in [1.54, 1.807) is 0 Å². The molecule has 1 rings (SSSR count). The van der Waals surface area contributed by atoms with Gasteiger partial charge in [-0.2, -0.15) is 13.2 Å². The van der Waals surface area contributed by atoms with Crippen molar-refractivity contribution >= 4 is 29.4 Å². The Balaban J connectivity index is 0.00000121. The van der Waals surface area contributed by atoms with Crippen LogP contribution in [0.1, 0.15) is 5.56 Å². The fourth-order valence-corrected chi connectivity index (χ4v) is 0.672. The molecule has 0 aromatic heterocycles. The third-order valence-electron chi connectivity index (χ3n) is 1.24. The van der Waals surface area contributed by atoms with Gasteiger partial charge in [-0.05, 0) is 24.3 Å². The summed E-state index contributed by atoms with van der Waals surface area (Å²) in [6.45, 7) is 0. The Bertz CT molecular complexity index is 242. The summed E-state index contributed by atoms with van der Waals surface area (Å²) in [6, 6.07) is 4.36. The fraction of sp³-hybridized carbons (Fsp3) is 0.143. The van der Waals surface area contributed by atoms with Gasteiger partial charge in [0.15, 0.2) is 0 Å². The van der Waals surface area contributed by atoms with Crippen molar-refractivity contribution in [3.05, 3.63) is 29.8 Å². The number of alkyl halides is 3. The number of halogens is 3. The first kappa shape index (κ1) is 11.6. The molecule has 0 spiro atoms. The molecule has 0 aliphatic heterocycles. The third kappa shape index (κ3) is 2.92. The van der Waals surface area contributed by atoms with Gasteiger partial charge in [0, 0.05) is 29.4 Å². The van der Waals surface area contributed by atoms with Crippen LogP contribution in [0, 0.1) is 0 Å². The molecule has 12 heavy (non-hydrogen) atoms. The first-order chi connectivity index (χ1) is 5.00. The van der Waals surface area contributed by atoms with Gasteiger partial charge >= 0.3 is 6.18 Å². The molecule has 0 aliphatic carbocycles. The zero-order valence-corrected chi connectivity index (χ0v) is 8.26. The molecule has 0 bridgehead atoms. The zero-order valence-electron chi connectivity index (χ0n) is 5.93. The van der Waals surface area contributed by atoms with Gasteiger partial charge in [-0.25, -0.2) is 0 Å². The molecule has 0 atom stereocenters. The van der Waals surface area contributed by atoms with Crippen LogP contribution in [0.15, 0.2) is 24.3 Å². The van der Waals surface area contributed by atoms with Gasteiger partial charge < -0.3 is 5.73 Å². The Kier molecular flexibility index (Phi) is 3.88. The molecule has 2 radical (unpaired) electrons. The molecule has 1 nitrogen and oxygen atoms in total. The van der Waals surface area contributed by atoms with E-state index in [1.807, 2.05) is 0 Å². The number of rotatable bonds is 0. The molecule has 0 saturated heterocycles. The van der Waals surface area contributed by atoms with E-state index in [4.69, 9.17) is 5.73 Å². The summed E-state index contributed by atoms with van der Waals surface area (Å²) in [5.74, 6) is 0. The molecular weight excluding hydrogens is 283 g/mol. The van der Waals surface area contributed by atoms with Crippen LogP contribution in [0.5, 0.6) is 0 Å². The number of hydrogen-bond acceptors (Lipinski definition) is 1. The molecule has 0 fully saturated rings. The second kappa shape index (κ2) is 4.01. The Morgan fingerprint density at radius 1 is 1.00 bits per heavy atom. The van der Waals surface area contributed by atoms with Gasteiger partial charge in [-0.3, -0.25) is 0 Å². The Morgan fingerprint density at radius 3 is 1.75 bits per heavy atom. The van der Waals surface area contributed by atoms with Crippen LogP contribution in [0.25, 0.3) is 0 Å². The predicted molar refractivity (Wildman–Crippen MR) is 41.6 cm³/mol. The summed E-state index contributed by atoms with van der Waals surface area (Å²) >= 11 is 0. The van der Waals surface area contributed by atoms with Crippen LogP contribution >= 0.6 is 0 Å². The summed E-state index contributed by atoms with van der Waals surface area (Å²) in [5.41, 5.74) is 4.86. The van der Waals surface area contributed by atoms with E-state index in [2.05, 4.69) is 0 Å². The molecule has 2 N–H and O–H groups in total.